The number of rotatable bonds is 1. The molecule has 2 aliphatic rings. The summed E-state index contributed by atoms with van der Waals surface area (Å²) in [5, 5.41) is 0.395. The average Bonchev–Trinajstić information content (AvgIpc) is 2.72. The Labute approximate surface area is 117 Å². The normalized spacial score (nSPS) is 21.7. The molecule has 0 saturated carbocycles. The first-order valence-corrected chi connectivity index (χ1v) is 6.44. The van der Waals surface area contributed by atoms with Gasteiger partial charge in [0, 0.05) is 17.3 Å². The molecule has 2 heterocycles. The Morgan fingerprint density at radius 3 is 3.06 bits per heavy atom. The van der Waals surface area contributed by atoms with Gasteiger partial charge in [0.05, 0.1) is 27.9 Å². The summed E-state index contributed by atoms with van der Waals surface area (Å²) in [5.74, 6) is 0.559. The lowest BCUT2D eigenvalue weighted by atomic mass is 10.1. The number of amidine groups is 1. The van der Waals surface area contributed by atoms with Crippen molar-refractivity contribution in [1.29, 1.82) is 0 Å². The number of quaternary nitrogens is 1. The maximum absolute atomic E-state index is 13.9. The van der Waals surface area contributed by atoms with E-state index in [-0.39, 0.29) is 5.82 Å². The van der Waals surface area contributed by atoms with Crippen molar-refractivity contribution in [2.45, 2.75) is 0 Å². The molecule has 0 radical (unpaired) electrons. The number of benzene rings is 1. The Bertz CT molecular complexity index is 597. The van der Waals surface area contributed by atoms with Gasteiger partial charge in [0.25, 0.3) is 0 Å². The van der Waals surface area contributed by atoms with E-state index in [0.717, 1.165) is 16.4 Å². The second kappa shape index (κ2) is 4.50. The first kappa shape index (κ1) is 11.9. The van der Waals surface area contributed by atoms with E-state index >= 15 is 0 Å². The molecule has 1 N–H and O–H groups in total. The summed E-state index contributed by atoms with van der Waals surface area (Å²) in [6.45, 7) is 0.656. The Balaban J connectivity index is 1.98. The maximum atomic E-state index is 13.9. The minimum Gasteiger partial charge on any atom is -0.266 e. The Hall–Kier alpha value is -1.17. The highest BCUT2D eigenvalue weighted by atomic mass is 79.9. The molecule has 3 nitrogen and oxygen atoms in total. The van der Waals surface area contributed by atoms with Crippen LogP contribution in [0.4, 0.5) is 4.39 Å². The van der Waals surface area contributed by atoms with Crippen molar-refractivity contribution in [3.05, 3.63) is 53.1 Å². The Morgan fingerprint density at radius 2 is 2.28 bits per heavy atom. The van der Waals surface area contributed by atoms with Crippen molar-refractivity contribution in [2.24, 2.45) is 4.99 Å². The van der Waals surface area contributed by atoms with Crippen LogP contribution in [-0.2, 0) is 0 Å². The largest absolute Gasteiger partial charge is 0.266 e. The van der Waals surface area contributed by atoms with Crippen molar-refractivity contribution < 1.29 is 9.29 Å². The topological polar surface area (TPSA) is 20.0 Å². The highest BCUT2D eigenvalue weighted by molar-refractivity contribution is 9.07. The van der Waals surface area contributed by atoms with E-state index in [1.165, 1.54) is 6.07 Å². The van der Waals surface area contributed by atoms with Gasteiger partial charge in [-0.1, -0.05) is 11.6 Å². The van der Waals surface area contributed by atoms with Crippen LogP contribution < -0.4 is 4.90 Å². The van der Waals surface area contributed by atoms with Gasteiger partial charge in [-0.2, -0.15) is 4.99 Å². The number of hydrogen-bond acceptors (Lipinski definition) is 2. The van der Waals surface area contributed by atoms with Crippen molar-refractivity contribution in [2.75, 3.05) is 6.67 Å². The molecule has 18 heavy (non-hydrogen) atoms. The molecule has 1 unspecified atom stereocenters. The second-order valence-electron chi connectivity index (χ2n) is 4.03. The summed E-state index contributed by atoms with van der Waals surface area (Å²) >= 11 is 9.15. The molecule has 3 rings (SSSR count). The molecular weight excluding hydrogens is 321 g/mol. The number of halogens is 3. The second-order valence-corrected chi connectivity index (χ2v) is 5.38. The molecule has 1 atom stereocenters. The van der Waals surface area contributed by atoms with E-state index in [1.54, 1.807) is 18.3 Å². The van der Waals surface area contributed by atoms with E-state index in [1.807, 2.05) is 16.2 Å². The van der Waals surface area contributed by atoms with E-state index in [0.29, 0.717) is 17.3 Å². The van der Waals surface area contributed by atoms with Crippen molar-refractivity contribution >= 4 is 39.3 Å². The molecule has 0 fully saturated rings. The highest BCUT2D eigenvalue weighted by Crippen LogP contribution is 2.21. The van der Waals surface area contributed by atoms with Crippen LogP contribution in [0.25, 0.3) is 5.70 Å². The molecule has 0 aliphatic carbocycles. The summed E-state index contributed by atoms with van der Waals surface area (Å²) in [6, 6.07) is 4.69. The summed E-state index contributed by atoms with van der Waals surface area (Å²) in [6.07, 6.45) is 5.48. The maximum Gasteiger partial charge on any atom is 0.234 e. The van der Waals surface area contributed by atoms with E-state index in [2.05, 4.69) is 21.1 Å². The lowest BCUT2D eigenvalue weighted by Crippen LogP contribution is -3.12. The fourth-order valence-corrected chi connectivity index (χ4v) is 2.56. The van der Waals surface area contributed by atoms with Gasteiger partial charge in [0.2, 0.25) is 5.84 Å². The molecule has 1 aromatic rings. The molecule has 0 aromatic heterocycles. The minimum absolute atomic E-state index is 0.326. The van der Waals surface area contributed by atoms with Crippen molar-refractivity contribution in [1.82, 2.24) is 3.93 Å². The third-order valence-electron chi connectivity index (χ3n) is 2.89. The van der Waals surface area contributed by atoms with Gasteiger partial charge in [-0.05, 0) is 18.2 Å². The molecule has 0 spiro atoms. The molecule has 6 heteroatoms. The molecule has 0 saturated heterocycles. The van der Waals surface area contributed by atoms with Crippen LogP contribution in [0.2, 0.25) is 5.02 Å². The third-order valence-corrected chi connectivity index (χ3v) is 3.61. The van der Waals surface area contributed by atoms with E-state index in [9.17, 15) is 4.39 Å². The lowest BCUT2D eigenvalue weighted by molar-refractivity contribution is -0.731. The Morgan fingerprint density at radius 1 is 1.44 bits per heavy atom. The van der Waals surface area contributed by atoms with E-state index in [4.69, 9.17) is 11.6 Å². The van der Waals surface area contributed by atoms with Crippen LogP contribution >= 0.6 is 27.7 Å². The first-order chi connectivity index (χ1) is 8.65. The molecule has 0 amide bonds. The highest BCUT2D eigenvalue weighted by Gasteiger charge is 2.32. The molecule has 0 bridgehead atoms. The zero-order valence-electron chi connectivity index (χ0n) is 9.20. The van der Waals surface area contributed by atoms with E-state index < -0.39 is 0 Å². The average molecular weight is 330 g/mol. The van der Waals surface area contributed by atoms with Crippen LogP contribution in [0.15, 0.2) is 41.7 Å². The minimum atomic E-state index is -0.326. The quantitative estimate of drug-likeness (QED) is 0.783. The lowest BCUT2D eigenvalue weighted by Gasteiger charge is -2.24. The van der Waals surface area contributed by atoms with Gasteiger partial charge in [0.15, 0.2) is 12.4 Å². The smallest absolute Gasteiger partial charge is 0.234 e. The zero-order chi connectivity index (χ0) is 12.7. The van der Waals surface area contributed by atoms with Crippen molar-refractivity contribution in [3.8, 4) is 0 Å². The van der Waals surface area contributed by atoms with Gasteiger partial charge < -0.3 is 0 Å². The van der Waals surface area contributed by atoms with Gasteiger partial charge >= 0.3 is 0 Å². The van der Waals surface area contributed by atoms with Crippen LogP contribution in [0, 0.1) is 5.82 Å². The third kappa shape index (κ3) is 1.98. The number of nitrogens with one attached hydrogen (secondary N) is 1. The van der Waals surface area contributed by atoms with Crippen LogP contribution in [0.3, 0.4) is 0 Å². The Kier molecular flexibility index (Phi) is 2.97. The number of aliphatic imine (C=N–C) groups is 1. The molecule has 1 aromatic carbocycles. The standard InChI is InChI=1S/C12H8BrClFN3/c13-17-4-3-12-16-6-11(18(12)7-17)9-2-1-8(14)5-10(9)15/h1-6H,7H2/p+1. The van der Waals surface area contributed by atoms with Crippen LogP contribution in [0.1, 0.15) is 5.56 Å². The SMILES string of the molecule is Fc1cc(Cl)ccc1C1=CN=C2C=CN(Br)C[NH+]12. The first-order valence-electron chi connectivity index (χ1n) is 5.36. The van der Waals surface area contributed by atoms with Crippen molar-refractivity contribution in [3.63, 3.8) is 0 Å². The number of nitrogens with zero attached hydrogens (tertiary/aromatic N) is 2. The van der Waals surface area contributed by atoms with Gasteiger partial charge in [0.1, 0.15) is 5.82 Å². The van der Waals surface area contributed by atoms with Gasteiger partial charge in [-0.3, -0.25) is 3.93 Å². The van der Waals surface area contributed by atoms with Gasteiger partial charge in [-0.25, -0.2) is 9.29 Å². The molecule has 92 valence electrons. The summed E-state index contributed by atoms with van der Waals surface area (Å²) in [4.78, 5) is 5.31. The number of fused-ring (bicyclic) bond motifs is 1. The summed E-state index contributed by atoms with van der Waals surface area (Å²) < 4.78 is 15.8. The number of hydrogen-bond donors (Lipinski definition) is 1. The van der Waals surface area contributed by atoms with Crippen LogP contribution in [-0.4, -0.2) is 16.4 Å². The molecular formula is C12H9BrClFN3+. The molecule has 2 aliphatic heterocycles. The van der Waals surface area contributed by atoms with Crippen LogP contribution in [0.5, 0.6) is 0 Å². The van der Waals surface area contributed by atoms with Gasteiger partial charge in [-0.15, -0.1) is 0 Å². The zero-order valence-corrected chi connectivity index (χ0v) is 11.5. The predicted molar refractivity (Wildman–Crippen MR) is 72.6 cm³/mol. The summed E-state index contributed by atoms with van der Waals surface area (Å²) in [5.41, 5.74) is 1.34. The predicted octanol–water partition coefficient (Wildman–Crippen LogP) is 2.17. The fraction of sp³-hybridized carbons (Fsp3) is 0.0833. The fourth-order valence-electron chi connectivity index (χ4n) is 2.03. The monoisotopic (exact) mass is 328 g/mol. The summed E-state index contributed by atoms with van der Waals surface area (Å²) in [7, 11) is 0.